The number of aromatic nitrogens is 1. The fourth-order valence-corrected chi connectivity index (χ4v) is 5.18. The molecule has 38 heavy (non-hydrogen) atoms. The monoisotopic (exact) mass is 541 g/mol. The number of carbonyl (C=O) groups excluding carboxylic acids is 3. The van der Waals surface area contributed by atoms with E-state index in [4.69, 9.17) is 5.53 Å². The molecule has 11 nitrogen and oxygen atoms in total. The molecule has 204 valence electrons. The van der Waals surface area contributed by atoms with Crippen LogP contribution in [0.3, 0.4) is 0 Å². The number of rotatable bonds is 10. The third-order valence-corrected chi connectivity index (χ3v) is 7.41. The highest BCUT2D eigenvalue weighted by Crippen LogP contribution is 2.28. The zero-order chi connectivity index (χ0) is 27.9. The largest absolute Gasteiger partial charge is 0.391 e. The molecule has 0 unspecified atom stereocenters. The zero-order valence-electron chi connectivity index (χ0n) is 22.2. The molecule has 0 bridgehead atoms. The highest BCUT2D eigenvalue weighted by Gasteiger charge is 2.44. The van der Waals surface area contributed by atoms with Crippen LogP contribution in [0.15, 0.2) is 34.9 Å². The van der Waals surface area contributed by atoms with E-state index in [1.165, 1.54) is 4.90 Å². The van der Waals surface area contributed by atoms with Crippen LogP contribution in [-0.2, 0) is 20.9 Å². The van der Waals surface area contributed by atoms with E-state index in [9.17, 15) is 19.5 Å². The summed E-state index contributed by atoms with van der Waals surface area (Å²) in [4.78, 5) is 48.6. The van der Waals surface area contributed by atoms with E-state index < -0.39 is 29.5 Å². The lowest BCUT2D eigenvalue weighted by molar-refractivity contribution is -0.144. The van der Waals surface area contributed by atoms with Gasteiger partial charge in [-0.05, 0) is 35.4 Å². The summed E-state index contributed by atoms with van der Waals surface area (Å²) in [5.41, 5.74) is 12.5. The minimum absolute atomic E-state index is 0.0130. The standard InChI is InChI=1S/C26H35N7O4S/c1-16-22(38-15-29-16)18-9-7-17(8-10-18)13-28-24(36)20-12-19(34)14-33(20)25(37)23(26(2,3)4)31-21(35)6-5-11-30-32-27/h7-10,15,19-20,23,34H,5-6,11-14H2,1-4H3,(H,28,36)(H,31,35)/t19-,20+,23+/m1/s1. The molecule has 3 atom stereocenters. The van der Waals surface area contributed by atoms with Crippen LogP contribution in [-0.4, -0.2) is 64.0 Å². The fraction of sp³-hybridized carbons (Fsp3) is 0.538. The number of hydrogen-bond donors (Lipinski definition) is 3. The van der Waals surface area contributed by atoms with Gasteiger partial charge in [0.15, 0.2) is 0 Å². The van der Waals surface area contributed by atoms with Crippen molar-refractivity contribution in [1.29, 1.82) is 0 Å². The molecule has 1 saturated heterocycles. The third-order valence-electron chi connectivity index (χ3n) is 6.44. The van der Waals surface area contributed by atoms with Gasteiger partial charge in [0.25, 0.3) is 0 Å². The maximum Gasteiger partial charge on any atom is 0.246 e. The summed E-state index contributed by atoms with van der Waals surface area (Å²) in [6, 6.07) is 6.12. The second-order valence-electron chi connectivity index (χ2n) is 10.5. The van der Waals surface area contributed by atoms with Gasteiger partial charge in [-0.2, -0.15) is 0 Å². The van der Waals surface area contributed by atoms with Crippen molar-refractivity contribution in [2.75, 3.05) is 13.1 Å². The van der Waals surface area contributed by atoms with Crippen LogP contribution in [0.5, 0.6) is 0 Å². The van der Waals surface area contributed by atoms with E-state index >= 15 is 0 Å². The molecule has 0 aliphatic carbocycles. The summed E-state index contributed by atoms with van der Waals surface area (Å²) in [7, 11) is 0. The van der Waals surface area contributed by atoms with Crippen molar-refractivity contribution in [3.8, 4) is 10.4 Å². The molecule has 0 saturated carbocycles. The lowest BCUT2D eigenvalue weighted by Crippen LogP contribution is -2.57. The number of hydrogen-bond acceptors (Lipinski definition) is 7. The van der Waals surface area contributed by atoms with Gasteiger partial charge in [0.05, 0.1) is 22.2 Å². The number of thiazole rings is 1. The number of aliphatic hydroxyl groups excluding tert-OH is 1. The van der Waals surface area contributed by atoms with Crippen LogP contribution in [0.25, 0.3) is 20.9 Å². The number of nitrogens with one attached hydrogen (secondary N) is 2. The molecule has 3 amide bonds. The Hall–Kier alpha value is -3.47. The van der Waals surface area contributed by atoms with E-state index in [2.05, 4.69) is 25.6 Å². The minimum atomic E-state index is -0.891. The molecule has 1 aromatic heterocycles. The van der Waals surface area contributed by atoms with Crippen LogP contribution >= 0.6 is 11.3 Å². The van der Waals surface area contributed by atoms with Gasteiger partial charge >= 0.3 is 0 Å². The predicted octanol–water partition coefficient (Wildman–Crippen LogP) is 3.32. The molecular formula is C26H35N7O4S. The number of β-amino-alcohol motifs (C(OH)–C–C–N with tert-alkyl or cyclic N) is 1. The number of azide groups is 1. The first-order valence-electron chi connectivity index (χ1n) is 12.6. The Balaban J connectivity index is 1.64. The number of benzene rings is 1. The predicted molar refractivity (Wildman–Crippen MR) is 145 cm³/mol. The van der Waals surface area contributed by atoms with Gasteiger partial charge in [-0.15, -0.1) is 11.3 Å². The van der Waals surface area contributed by atoms with E-state index in [-0.39, 0.29) is 44.3 Å². The molecule has 1 aliphatic heterocycles. The Morgan fingerprint density at radius 3 is 2.61 bits per heavy atom. The topological polar surface area (TPSA) is 160 Å². The van der Waals surface area contributed by atoms with Gasteiger partial charge in [0.2, 0.25) is 17.7 Å². The highest BCUT2D eigenvalue weighted by molar-refractivity contribution is 7.13. The summed E-state index contributed by atoms with van der Waals surface area (Å²) in [6.07, 6.45) is -0.249. The minimum Gasteiger partial charge on any atom is -0.391 e. The van der Waals surface area contributed by atoms with Crippen LogP contribution in [0, 0.1) is 12.3 Å². The molecule has 3 rings (SSSR count). The third kappa shape index (κ3) is 7.53. The summed E-state index contributed by atoms with van der Waals surface area (Å²) in [6.45, 7) is 7.93. The lowest BCUT2D eigenvalue weighted by atomic mass is 9.85. The summed E-state index contributed by atoms with van der Waals surface area (Å²) in [5.74, 6) is -1.11. The molecule has 12 heteroatoms. The SMILES string of the molecule is Cc1ncsc1-c1ccc(CNC(=O)[C@@H]2C[C@@H](O)CN2C(=O)[C@H](NC(=O)CCCN=[N+]=[N-])C(C)(C)C)cc1. The Kier molecular flexibility index (Phi) is 9.84. The number of nitrogens with zero attached hydrogens (tertiary/aromatic N) is 5. The molecule has 1 aliphatic rings. The fourth-order valence-electron chi connectivity index (χ4n) is 4.37. The van der Waals surface area contributed by atoms with Crippen LogP contribution in [0.2, 0.25) is 0 Å². The van der Waals surface area contributed by atoms with Crippen LogP contribution in [0.4, 0.5) is 0 Å². The van der Waals surface area contributed by atoms with Gasteiger partial charge < -0.3 is 20.6 Å². The quantitative estimate of drug-likeness (QED) is 0.182. The molecule has 1 fully saturated rings. The average molecular weight is 542 g/mol. The van der Waals surface area contributed by atoms with E-state index in [0.29, 0.717) is 6.42 Å². The molecule has 0 spiro atoms. The van der Waals surface area contributed by atoms with Crippen molar-refractivity contribution < 1.29 is 19.5 Å². The Morgan fingerprint density at radius 1 is 1.29 bits per heavy atom. The van der Waals surface area contributed by atoms with Crippen molar-refractivity contribution in [3.05, 3.63) is 51.5 Å². The van der Waals surface area contributed by atoms with Crippen molar-refractivity contribution in [3.63, 3.8) is 0 Å². The zero-order valence-corrected chi connectivity index (χ0v) is 23.0. The van der Waals surface area contributed by atoms with Gasteiger partial charge in [-0.25, -0.2) is 4.98 Å². The molecule has 2 aromatic rings. The Labute approximate surface area is 226 Å². The number of carbonyl (C=O) groups is 3. The Morgan fingerprint density at radius 2 is 2.00 bits per heavy atom. The average Bonchev–Trinajstić information content (AvgIpc) is 3.48. The first-order chi connectivity index (χ1) is 18.0. The second-order valence-corrected chi connectivity index (χ2v) is 11.4. The number of aliphatic hydroxyl groups is 1. The normalized spacial score (nSPS) is 18.0. The maximum absolute atomic E-state index is 13.6. The molecule has 2 heterocycles. The first kappa shape index (κ1) is 29.1. The second kappa shape index (κ2) is 12.9. The van der Waals surface area contributed by atoms with Crippen molar-refractivity contribution in [2.45, 2.75) is 71.7 Å². The van der Waals surface area contributed by atoms with E-state index in [0.717, 1.165) is 21.7 Å². The van der Waals surface area contributed by atoms with Gasteiger partial charge in [0, 0.05) is 37.4 Å². The summed E-state index contributed by atoms with van der Waals surface area (Å²) < 4.78 is 0. The van der Waals surface area contributed by atoms with Crippen molar-refractivity contribution in [2.24, 2.45) is 10.5 Å². The van der Waals surface area contributed by atoms with Crippen molar-refractivity contribution in [1.82, 2.24) is 20.5 Å². The van der Waals surface area contributed by atoms with Gasteiger partial charge in [0.1, 0.15) is 12.1 Å². The van der Waals surface area contributed by atoms with E-state index in [1.807, 2.05) is 57.5 Å². The van der Waals surface area contributed by atoms with Gasteiger partial charge in [-0.3, -0.25) is 14.4 Å². The summed E-state index contributed by atoms with van der Waals surface area (Å²) >= 11 is 1.57. The Bertz CT molecular complexity index is 1180. The smallest absolute Gasteiger partial charge is 0.246 e. The molecule has 0 radical (unpaired) electrons. The van der Waals surface area contributed by atoms with Crippen LogP contribution < -0.4 is 10.6 Å². The van der Waals surface area contributed by atoms with Gasteiger partial charge in [-0.1, -0.05) is 50.2 Å². The maximum atomic E-state index is 13.6. The highest BCUT2D eigenvalue weighted by atomic mass is 32.1. The summed E-state index contributed by atoms with van der Waals surface area (Å²) in [5, 5.41) is 19.4. The van der Waals surface area contributed by atoms with Crippen molar-refractivity contribution >= 4 is 29.1 Å². The van der Waals surface area contributed by atoms with E-state index in [1.54, 1.807) is 11.3 Å². The first-order valence-corrected chi connectivity index (χ1v) is 13.4. The molecular weight excluding hydrogens is 506 g/mol. The molecule has 1 aromatic carbocycles. The number of likely N-dealkylation sites (tertiary alicyclic amines) is 1. The van der Waals surface area contributed by atoms with Crippen LogP contribution in [0.1, 0.15) is 51.3 Å². The lowest BCUT2D eigenvalue weighted by Gasteiger charge is -2.35. The number of amides is 3. The number of aryl methyl sites for hydroxylation is 1. The molecule has 3 N–H and O–H groups in total.